The predicted molar refractivity (Wildman–Crippen MR) is 217 cm³/mol. The molecule has 0 aliphatic rings. The van der Waals surface area contributed by atoms with E-state index in [2.05, 4.69) is 29.1 Å². The van der Waals surface area contributed by atoms with Gasteiger partial charge in [-0.2, -0.15) is 0 Å². The van der Waals surface area contributed by atoms with E-state index >= 15 is 0 Å². The van der Waals surface area contributed by atoms with E-state index in [1.165, 1.54) is 6.08 Å². The normalized spacial score (nSPS) is 10.5. The average Bonchev–Trinajstić information content (AvgIpc) is 3.20. The zero-order chi connectivity index (χ0) is 44.8. The minimum Gasteiger partial charge on any atom is -0.850 e. The molecule has 4 aromatic rings. The standard InChI is InChI=1S/C20H18F2O3.C17H14F2O3.C4H9O.C3H5Br.CH3F.K/c1-2-6-15(20(24)17-12-16(21)9-10-18(17)22)11-19(23)25-13-14-7-4-3-5-8-14;18-13-6-7-15(19)14(10-13)16(20)8-9-17(21)22-11-12-4-2-1-3-5-12;1-4(2,3)5;1-2-3-4;1-2;/h2-5,7-10,12,15H,1,6,11,13H2;1-7,10H,8-9,11H2;1-3H3;2H,1,3H2;1H3;/q;;-1;;;+1/i;;;;1D;. The molecule has 1 atom stereocenters. The number of alkyl halides is 2. The Bertz CT molecular complexity index is 1880. The van der Waals surface area contributed by atoms with E-state index < -0.39 is 65.4 Å². The molecule has 0 heterocycles. The third-order valence-electron chi connectivity index (χ3n) is 6.81. The van der Waals surface area contributed by atoms with Crippen molar-refractivity contribution in [3.8, 4) is 0 Å². The van der Waals surface area contributed by atoms with Gasteiger partial charge < -0.3 is 14.6 Å². The van der Waals surface area contributed by atoms with Crippen LogP contribution in [0.15, 0.2) is 122 Å². The fourth-order valence-corrected chi connectivity index (χ4v) is 4.26. The first-order chi connectivity index (χ1) is 27.9. The van der Waals surface area contributed by atoms with Crippen molar-refractivity contribution >= 4 is 39.4 Å². The quantitative estimate of drug-likeness (QED) is 0.0305. The van der Waals surface area contributed by atoms with Gasteiger partial charge in [0.1, 0.15) is 36.5 Å². The molecule has 0 amide bonds. The van der Waals surface area contributed by atoms with Crippen molar-refractivity contribution in [1.82, 2.24) is 0 Å². The Morgan fingerprint density at radius 3 is 1.58 bits per heavy atom. The second-order valence-electron chi connectivity index (χ2n) is 12.8. The number of halogens is 6. The predicted octanol–water partition coefficient (Wildman–Crippen LogP) is 7.45. The number of ketones is 2. The molecule has 4 aromatic carbocycles. The maximum absolute atomic E-state index is 13.8. The van der Waals surface area contributed by atoms with Crippen LogP contribution < -0.4 is 56.5 Å². The second kappa shape index (κ2) is 33.1. The maximum atomic E-state index is 13.8. The average molecular weight is 917 g/mol. The summed E-state index contributed by atoms with van der Waals surface area (Å²) in [5.41, 5.74) is 0.176. The number of benzene rings is 4. The summed E-state index contributed by atoms with van der Waals surface area (Å²) in [5, 5.41) is 11.0. The molecule has 0 N–H and O–H groups in total. The van der Waals surface area contributed by atoms with Crippen molar-refractivity contribution < 1.29 is 108 Å². The van der Waals surface area contributed by atoms with Crippen molar-refractivity contribution in [2.24, 2.45) is 5.92 Å². The molecule has 0 fully saturated rings. The molecule has 0 aliphatic heterocycles. The molecule has 14 heteroatoms. The molecular formula is C45H49BrF5KO7. The number of hydrogen-bond donors (Lipinski definition) is 0. The first-order valence-corrected chi connectivity index (χ1v) is 18.7. The van der Waals surface area contributed by atoms with Gasteiger partial charge in [-0.05, 0) is 53.9 Å². The van der Waals surface area contributed by atoms with Crippen molar-refractivity contribution in [2.45, 2.75) is 65.3 Å². The van der Waals surface area contributed by atoms with Gasteiger partial charge in [0.25, 0.3) is 0 Å². The minimum absolute atomic E-state index is 0. The molecule has 0 aromatic heterocycles. The number of carbonyl (C=O) groups excluding carboxylic acids is 4. The third-order valence-corrected chi connectivity index (χ3v) is 7.27. The zero-order valence-electron chi connectivity index (χ0n) is 34.7. The van der Waals surface area contributed by atoms with E-state index in [0.29, 0.717) is 0 Å². The smallest absolute Gasteiger partial charge is 0.850 e. The van der Waals surface area contributed by atoms with Crippen LogP contribution in [0, 0.1) is 29.2 Å². The SMILES string of the molecule is C=CCBr.C=CCC(CC(=O)OCc1ccccc1)C(=O)c1cc(F)ccc1F.CC(C)(C)[O-].O=C(CCC(=O)c1cc(F)ccc1F)OCc1ccccc1.[2H]CF.[K+]. The monoisotopic (exact) mass is 915 g/mol. The van der Waals surface area contributed by atoms with Crippen LogP contribution in [0.3, 0.4) is 0 Å². The van der Waals surface area contributed by atoms with Crippen molar-refractivity contribution in [3.63, 3.8) is 0 Å². The molecule has 0 saturated carbocycles. The van der Waals surface area contributed by atoms with Gasteiger partial charge in [0, 0.05) is 17.7 Å². The van der Waals surface area contributed by atoms with Crippen molar-refractivity contribution in [1.29, 1.82) is 0 Å². The van der Waals surface area contributed by atoms with Crippen LogP contribution in [0.1, 0.15) is 79.7 Å². The Balaban J connectivity index is 0. The molecule has 0 spiro atoms. The van der Waals surface area contributed by atoms with Gasteiger partial charge in [0.15, 0.2) is 11.6 Å². The van der Waals surface area contributed by atoms with E-state index in [1.807, 2.05) is 48.5 Å². The number of Topliss-reactive ketones (excluding diaryl/α,β-unsaturated/α-hetero) is 2. The van der Waals surface area contributed by atoms with Crippen molar-refractivity contribution in [3.05, 3.63) is 168 Å². The van der Waals surface area contributed by atoms with Crippen LogP contribution in [0.5, 0.6) is 0 Å². The van der Waals surface area contributed by atoms with E-state index in [9.17, 15) is 46.2 Å². The summed E-state index contributed by atoms with van der Waals surface area (Å²) in [5.74, 6) is -6.30. The summed E-state index contributed by atoms with van der Waals surface area (Å²) < 4.78 is 79.2. The molecular weight excluding hydrogens is 866 g/mol. The summed E-state index contributed by atoms with van der Waals surface area (Å²) >= 11 is 3.13. The zero-order valence-corrected chi connectivity index (χ0v) is 38.4. The van der Waals surface area contributed by atoms with Crippen LogP contribution in [0.2, 0.25) is 0 Å². The van der Waals surface area contributed by atoms with Crippen LogP contribution in [-0.2, 0) is 32.3 Å². The van der Waals surface area contributed by atoms with Gasteiger partial charge in [-0.25, -0.2) is 17.6 Å². The van der Waals surface area contributed by atoms with Crippen LogP contribution in [0.25, 0.3) is 0 Å². The Morgan fingerprint density at radius 2 is 1.15 bits per heavy atom. The van der Waals surface area contributed by atoms with Crippen LogP contribution in [-0.4, -0.2) is 41.6 Å². The van der Waals surface area contributed by atoms with Gasteiger partial charge in [-0.3, -0.25) is 23.6 Å². The Kier molecular flexibility index (Phi) is 31.1. The van der Waals surface area contributed by atoms with Gasteiger partial charge in [-0.15, -0.1) is 18.8 Å². The molecule has 1 unspecified atom stereocenters. The fraction of sp³-hybridized carbons (Fsp3) is 0.289. The minimum atomic E-state index is -1.00. The van der Waals surface area contributed by atoms with Gasteiger partial charge in [0.05, 0.1) is 32.5 Å². The first-order valence-electron chi connectivity index (χ1n) is 18.3. The summed E-state index contributed by atoms with van der Waals surface area (Å²) in [7, 11) is -1.00. The second-order valence-corrected chi connectivity index (χ2v) is 13.5. The summed E-state index contributed by atoms with van der Waals surface area (Å²) in [6, 6.07) is 23.5. The van der Waals surface area contributed by atoms with Crippen LogP contribution in [0.4, 0.5) is 22.0 Å². The molecule has 314 valence electrons. The Labute approximate surface area is 396 Å². The third kappa shape index (κ3) is 27.7. The summed E-state index contributed by atoms with van der Waals surface area (Å²) in [6.07, 6.45) is 2.78. The first kappa shape index (κ1) is 55.4. The topological polar surface area (TPSA) is 110 Å². The molecule has 0 aliphatic carbocycles. The van der Waals surface area contributed by atoms with E-state index in [0.717, 1.165) is 52.9 Å². The molecule has 0 radical (unpaired) electrons. The number of carbonyl (C=O) groups is 4. The molecule has 7 nitrogen and oxygen atoms in total. The molecule has 0 bridgehead atoms. The summed E-state index contributed by atoms with van der Waals surface area (Å²) in [4.78, 5) is 47.8. The largest absolute Gasteiger partial charge is 1.00 e. The van der Waals surface area contributed by atoms with Gasteiger partial charge >= 0.3 is 63.3 Å². The summed E-state index contributed by atoms with van der Waals surface area (Å²) in [6.45, 7) is 12.1. The molecule has 59 heavy (non-hydrogen) atoms. The molecule has 4 rings (SSSR count). The van der Waals surface area contributed by atoms with Gasteiger partial charge in [-0.1, -0.05) is 110 Å². The Hall–Kier alpha value is -3.63. The molecule has 0 saturated heterocycles. The van der Waals surface area contributed by atoms with Crippen LogP contribution >= 0.6 is 15.9 Å². The number of rotatable bonds is 15. The number of hydrogen-bond acceptors (Lipinski definition) is 7. The Morgan fingerprint density at radius 1 is 0.746 bits per heavy atom. The fourth-order valence-electron chi connectivity index (χ4n) is 4.26. The van der Waals surface area contributed by atoms with E-state index in [-0.39, 0.29) is 101 Å². The maximum Gasteiger partial charge on any atom is 1.00 e. The van der Waals surface area contributed by atoms with E-state index in [4.69, 9.17) is 10.8 Å². The number of esters is 2. The number of allylic oxidation sites excluding steroid dienone is 2. The van der Waals surface area contributed by atoms with Crippen molar-refractivity contribution in [2.75, 3.05) is 12.5 Å². The number of ether oxygens (including phenoxy) is 2. The van der Waals surface area contributed by atoms with E-state index in [1.54, 1.807) is 39.0 Å². The van der Waals surface area contributed by atoms with Gasteiger partial charge in [0.2, 0.25) is 0 Å².